The molecule has 0 unspecified atom stereocenters. The van der Waals surface area contributed by atoms with Crippen molar-refractivity contribution in [3.8, 4) is 0 Å². The summed E-state index contributed by atoms with van der Waals surface area (Å²) in [6.45, 7) is 13.3. The third kappa shape index (κ3) is 4.49. The summed E-state index contributed by atoms with van der Waals surface area (Å²) in [6.07, 6.45) is 0.765. The minimum absolute atomic E-state index is 0.198. The number of nitrogens with one attached hydrogen (secondary N) is 1. The average molecular weight is 215 g/mol. The second-order valence-corrected chi connectivity index (χ2v) is 5.65. The van der Waals surface area contributed by atoms with Crippen molar-refractivity contribution in [2.75, 3.05) is 19.7 Å². The van der Waals surface area contributed by atoms with Crippen molar-refractivity contribution in [2.24, 2.45) is 5.41 Å². The van der Waals surface area contributed by atoms with Gasteiger partial charge in [-0.05, 0) is 19.3 Å². The second-order valence-electron chi connectivity index (χ2n) is 5.65. The van der Waals surface area contributed by atoms with Crippen molar-refractivity contribution < 1.29 is 9.47 Å². The normalized spacial score (nSPS) is 28.4. The van der Waals surface area contributed by atoms with E-state index in [0.29, 0.717) is 6.61 Å². The Morgan fingerprint density at radius 1 is 1.33 bits per heavy atom. The lowest BCUT2D eigenvalue weighted by atomic mass is 9.88. The maximum absolute atomic E-state index is 6.01. The fraction of sp³-hybridized carbons (Fsp3) is 1.00. The summed E-state index contributed by atoms with van der Waals surface area (Å²) in [4.78, 5) is 0. The zero-order chi connectivity index (χ0) is 11.5. The number of hydrogen-bond acceptors (Lipinski definition) is 3. The quantitative estimate of drug-likeness (QED) is 0.779. The van der Waals surface area contributed by atoms with Gasteiger partial charge in [-0.2, -0.15) is 0 Å². The molecule has 1 fully saturated rings. The summed E-state index contributed by atoms with van der Waals surface area (Å²) in [6, 6.07) is 0. The summed E-state index contributed by atoms with van der Waals surface area (Å²) in [5.74, 6) is 0. The second kappa shape index (κ2) is 5.28. The van der Waals surface area contributed by atoms with Gasteiger partial charge in [0.05, 0.1) is 24.9 Å². The molecule has 0 saturated carbocycles. The van der Waals surface area contributed by atoms with Crippen molar-refractivity contribution in [3.63, 3.8) is 0 Å². The summed E-state index contributed by atoms with van der Waals surface area (Å²) in [5.41, 5.74) is 0.198. The first-order valence-electron chi connectivity index (χ1n) is 5.87. The minimum atomic E-state index is 0.198. The first-order valence-corrected chi connectivity index (χ1v) is 5.87. The Morgan fingerprint density at radius 2 is 2.00 bits per heavy atom. The lowest BCUT2D eigenvalue weighted by molar-refractivity contribution is -0.118. The standard InChI is InChI=1S/C12H25NO2/c1-9(2)14-8-10-6-13-7-11(15-10)12(3,4)5/h9-11,13H,6-8H2,1-5H3/t10-,11+/m0/s1. The highest BCUT2D eigenvalue weighted by Crippen LogP contribution is 2.24. The molecular weight excluding hydrogens is 190 g/mol. The van der Waals surface area contributed by atoms with Crippen molar-refractivity contribution in [1.82, 2.24) is 5.32 Å². The summed E-state index contributed by atoms with van der Waals surface area (Å²) in [5, 5.41) is 3.41. The van der Waals surface area contributed by atoms with E-state index in [-0.39, 0.29) is 23.7 Å². The highest BCUT2D eigenvalue weighted by atomic mass is 16.5. The van der Waals surface area contributed by atoms with Gasteiger partial charge in [0.25, 0.3) is 0 Å². The molecule has 90 valence electrons. The van der Waals surface area contributed by atoms with Gasteiger partial charge in [-0.15, -0.1) is 0 Å². The predicted octanol–water partition coefficient (Wildman–Crippen LogP) is 1.81. The first kappa shape index (κ1) is 12.9. The maximum atomic E-state index is 6.01. The molecule has 1 rings (SSSR count). The van der Waals surface area contributed by atoms with E-state index in [1.54, 1.807) is 0 Å². The van der Waals surface area contributed by atoms with E-state index >= 15 is 0 Å². The van der Waals surface area contributed by atoms with Crippen molar-refractivity contribution in [2.45, 2.75) is 52.9 Å². The van der Waals surface area contributed by atoms with Crippen LogP contribution in [0.2, 0.25) is 0 Å². The smallest absolute Gasteiger partial charge is 0.0937 e. The summed E-state index contributed by atoms with van der Waals surface area (Å²) < 4.78 is 11.6. The molecule has 3 heteroatoms. The molecule has 2 atom stereocenters. The van der Waals surface area contributed by atoms with Crippen LogP contribution in [0.4, 0.5) is 0 Å². The van der Waals surface area contributed by atoms with Crippen LogP contribution < -0.4 is 5.32 Å². The van der Waals surface area contributed by atoms with Gasteiger partial charge >= 0.3 is 0 Å². The van der Waals surface area contributed by atoms with E-state index in [0.717, 1.165) is 13.1 Å². The minimum Gasteiger partial charge on any atom is -0.376 e. The maximum Gasteiger partial charge on any atom is 0.0937 e. The molecule has 0 aliphatic carbocycles. The molecule has 15 heavy (non-hydrogen) atoms. The van der Waals surface area contributed by atoms with E-state index in [1.165, 1.54) is 0 Å². The van der Waals surface area contributed by atoms with E-state index in [4.69, 9.17) is 9.47 Å². The average Bonchev–Trinajstić information content (AvgIpc) is 2.14. The number of morpholine rings is 1. The highest BCUT2D eigenvalue weighted by Gasteiger charge is 2.31. The van der Waals surface area contributed by atoms with Gasteiger partial charge in [-0.25, -0.2) is 0 Å². The van der Waals surface area contributed by atoms with Gasteiger partial charge in [-0.3, -0.25) is 0 Å². The topological polar surface area (TPSA) is 30.5 Å². The van der Waals surface area contributed by atoms with Gasteiger partial charge in [-0.1, -0.05) is 20.8 Å². The molecule has 1 aliphatic rings. The molecule has 3 nitrogen and oxygen atoms in total. The van der Waals surface area contributed by atoms with Crippen molar-refractivity contribution >= 4 is 0 Å². The van der Waals surface area contributed by atoms with Crippen LogP contribution in [0.5, 0.6) is 0 Å². The molecule has 0 aromatic heterocycles. The Hall–Kier alpha value is -0.120. The van der Waals surface area contributed by atoms with E-state index in [1.807, 2.05) is 0 Å². The van der Waals surface area contributed by atoms with Crippen molar-refractivity contribution in [3.05, 3.63) is 0 Å². The Labute approximate surface area is 93.5 Å². The van der Waals surface area contributed by atoms with Crippen LogP contribution in [-0.2, 0) is 9.47 Å². The third-order valence-electron chi connectivity index (χ3n) is 2.64. The monoisotopic (exact) mass is 215 g/mol. The van der Waals surface area contributed by atoms with Crippen LogP contribution in [0.25, 0.3) is 0 Å². The Morgan fingerprint density at radius 3 is 2.53 bits per heavy atom. The molecule has 1 heterocycles. The number of ether oxygens (including phenoxy) is 2. The molecular formula is C12H25NO2. The van der Waals surface area contributed by atoms with Gasteiger partial charge in [0.15, 0.2) is 0 Å². The van der Waals surface area contributed by atoms with Gasteiger partial charge in [0.1, 0.15) is 0 Å². The van der Waals surface area contributed by atoms with E-state index in [9.17, 15) is 0 Å². The lowest BCUT2D eigenvalue weighted by Gasteiger charge is -2.38. The van der Waals surface area contributed by atoms with Crippen LogP contribution in [0.3, 0.4) is 0 Å². The summed E-state index contributed by atoms with van der Waals surface area (Å²) in [7, 11) is 0. The molecule has 0 aromatic carbocycles. The van der Waals surface area contributed by atoms with Crippen LogP contribution in [0, 0.1) is 5.41 Å². The Kier molecular flexibility index (Phi) is 4.56. The molecule has 0 aromatic rings. The van der Waals surface area contributed by atoms with Crippen LogP contribution in [-0.4, -0.2) is 38.0 Å². The first-order chi connectivity index (χ1) is 6.89. The number of hydrogen-bond donors (Lipinski definition) is 1. The van der Waals surface area contributed by atoms with Gasteiger partial charge in [0.2, 0.25) is 0 Å². The summed E-state index contributed by atoms with van der Waals surface area (Å²) >= 11 is 0. The molecule has 0 amide bonds. The fourth-order valence-corrected chi connectivity index (χ4v) is 1.61. The Bertz CT molecular complexity index is 187. The molecule has 1 aliphatic heterocycles. The zero-order valence-corrected chi connectivity index (χ0v) is 10.7. The van der Waals surface area contributed by atoms with Crippen molar-refractivity contribution in [1.29, 1.82) is 0 Å². The van der Waals surface area contributed by atoms with Crippen LogP contribution in [0.15, 0.2) is 0 Å². The lowest BCUT2D eigenvalue weighted by Crippen LogP contribution is -2.51. The molecule has 0 spiro atoms. The fourth-order valence-electron chi connectivity index (χ4n) is 1.61. The molecule has 1 N–H and O–H groups in total. The third-order valence-corrected chi connectivity index (χ3v) is 2.64. The Balaban J connectivity index is 2.36. The number of rotatable bonds is 3. The van der Waals surface area contributed by atoms with Crippen LogP contribution in [0.1, 0.15) is 34.6 Å². The zero-order valence-electron chi connectivity index (χ0n) is 10.7. The largest absolute Gasteiger partial charge is 0.376 e. The van der Waals surface area contributed by atoms with Crippen LogP contribution >= 0.6 is 0 Å². The molecule has 1 saturated heterocycles. The van der Waals surface area contributed by atoms with Gasteiger partial charge in [0, 0.05) is 13.1 Å². The van der Waals surface area contributed by atoms with Gasteiger partial charge < -0.3 is 14.8 Å². The van der Waals surface area contributed by atoms with E-state index < -0.39 is 0 Å². The highest BCUT2D eigenvalue weighted by molar-refractivity contribution is 4.82. The SMILES string of the molecule is CC(C)OC[C@@H]1CNC[C@H](C(C)(C)C)O1. The predicted molar refractivity (Wildman–Crippen MR) is 62.1 cm³/mol. The van der Waals surface area contributed by atoms with E-state index in [2.05, 4.69) is 39.9 Å². The molecule has 0 radical (unpaired) electrons. The molecule has 0 bridgehead atoms.